The first kappa shape index (κ1) is 17.4. The molecule has 3 aromatic rings. The number of para-hydroxylation sites is 1. The highest BCUT2D eigenvalue weighted by Crippen LogP contribution is 2.36. The third-order valence-electron chi connectivity index (χ3n) is 5.43. The van der Waals surface area contributed by atoms with Gasteiger partial charge in [-0.25, -0.2) is 0 Å². The van der Waals surface area contributed by atoms with E-state index in [9.17, 15) is 0 Å². The average Bonchev–Trinajstić information content (AvgIpc) is 3.05. The maximum atomic E-state index is 3.78. The molecule has 0 amide bonds. The van der Waals surface area contributed by atoms with Crippen LogP contribution in [0.4, 0.5) is 0 Å². The first-order valence-electron chi connectivity index (χ1n) is 9.57. The van der Waals surface area contributed by atoms with E-state index in [0.717, 1.165) is 6.42 Å². The molecule has 1 unspecified atom stereocenters. The zero-order chi connectivity index (χ0) is 18.8. The van der Waals surface area contributed by atoms with Crippen molar-refractivity contribution in [2.75, 3.05) is 0 Å². The van der Waals surface area contributed by atoms with Crippen LogP contribution in [0.1, 0.15) is 18.9 Å². The SMILES string of the molecule is C=C/C=C\C(=C/C)C1C=CC(n2c3ccccc3c3c(C)cccc32)=CC1. The van der Waals surface area contributed by atoms with Crippen molar-refractivity contribution >= 4 is 27.5 Å². The van der Waals surface area contributed by atoms with Gasteiger partial charge in [-0.15, -0.1) is 0 Å². The lowest BCUT2D eigenvalue weighted by atomic mass is 9.90. The summed E-state index contributed by atoms with van der Waals surface area (Å²) in [5.41, 5.74) is 6.47. The van der Waals surface area contributed by atoms with Crippen LogP contribution >= 0.6 is 0 Å². The molecule has 0 saturated heterocycles. The highest BCUT2D eigenvalue weighted by atomic mass is 15.0. The van der Waals surface area contributed by atoms with E-state index in [4.69, 9.17) is 0 Å². The molecule has 0 radical (unpaired) electrons. The van der Waals surface area contributed by atoms with Crippen LogP contribution in [0.3, 0.4) is 0 Å². The summed E-state index contributed by atoms with van der Waals surface area (Å²) in [5.74, 6) is 0.421. The van der Waals surface area contributed by atoms with Crippen LogP contribution in [0, 0.1) is 12.8 Å². The molecule has 27 heavy (non-hydrogen) atoms. The Morgan fingerprint density at radius 1 is 1.11 bits per heavy atom. The Balaban J connectivity index is 1.80. The van der Waals surface area contributed by atoms with E-state index in [2.05, 4.69) is 97.8 Å². The van der Waals surface area contributed by atoms with Gasteiger partial charge in [-0.2, -0.15) is 0 Å². The first-order chi connectivity index (χ1) is 13.2. The van der Waals surface area contributed by atoms with Crippen molar-refractivity contribution in [3.8, 4) is 0 Å². The smallest absolute Gasteiger partial charge is 0.0543 e. The molecule has 1 aromatic heterocycles. The molecule has 134 valence electrons. The van der Waals surface area contributed by atoms with Crippen LogP contribution in [0.2, 0.25) is 0 Å². The van der Waals surface area contributed by atoms with Gasteiger partial charge in [0, 0.05) is 22.4 Å². The van der Waals surface area contributed by atoms with Crippen molar-refractivity contribution in [1.29, 1.82) is 0 Å². The van der Waals surface area contributed by atoms with Gasteiger partial charge in [0.15, 0.2) is 0 Å². The Morgan fingerprint density at radius 3 is 2.67 bits per heavy atom. The van der Waals surface area contributed by atoms with Gasteiger partial charge in [0.25, 0.3) is 0 Å². The molecule has 1 aliphatic carbocycles. The van der Waals surface area contributed by atoms with Gasteiger partial charge < -0.3 is 4.57 Å². The fourth-order valence-corrected chi connectivity index (χ4v) is 4.11. The van der Waals surface area contributed by atoms with Crippen LogP contribution in [0.5, 0.6) is 0 Å². The van der Waals surface area contributed by atoms with Crippen molar-refractivity contribution in [3.63, 3.8) is 0 Å². The number of hydrogen-bond donors (Lipinski definition) is 0. The van der Waals surface area contributed by atoms with Crippen LogP contribution in [0.15, 0.2) is 97.1 Å². The van der Waals surface area contributed by atoms with Crippen LogP contribution in [-0.2, 0) is 0 Å². The molecule has 1 atom stereocenters. The van der Waals surface area contributed by atoms with E-state index in [0.29, 0.717) is 5.92 Å². The summed E-state index contributed by atoms with van der Waals surface area (Å²) in [6.07, 6.45) is 16.2. The van der Waals surface area contributed by atoms with Crippen molar-refractivity contribution in [2.45, 2.75) is 20.3 Å². The fourth-order valence-electron chi connectivity index (χ4n) is 4.11. The Morgan fingerprint density at radius 2 is 1.93 bits per heavy atom. The Bertz CT molecular complexity index is 1130. The molecular formula is C26H25N. The summed E-state index contributed by atoms with van der Waals surface area (Å²) in [6, 6.07) is 15.3. The number of benzene rings is 2. The standard InChI is InChI=1S/C26H25N/c1-4-6-11-20(5-2)21-15-17-22(18-16-21)27-24-13-8-7-12-23(24)26-19(3)10-9-14-25(26)27/h4-15,17-18,21H,1,16H2,2-3H3/b11-6-,20-5+. The number of aryl methyl sites for hydroxylation is 1. The van der Waals surface area contributed by atoms with Gasteiger partial charge in [-0.05, 0) is 49.6 Å². The van der Waals surface area contributed by atoms with Crippen LogP contribution < -0.4 is 0 Å². The lowest BCUT2D eigenvalue weighted by Crippen LogP contribution is -2.05. The number of rotatable bonds is 4. The lowest BCUT2D eigenvalue weighted by molar-refractivity contribution is 0.783. The van der Waals surface area contributed by atoms with Crippen molar-refractivity contribution in [2.24, 2.45) is 5.92 Å². The lowest BCUT2D eigenvalue weighted by Gasteiger charge is -2.19. The van der Waals surface area contributed by atoms with Gasteiger partial charge in [0.1, 0.15) is 0 Å². The predicted octanol–water partition coefficient (Wildman–Crippen LogP) is 7.21. The van der Waals surface area contributed by atoms with Crippen LogP contribution in [0.25, 0.3) is 27.5 Å². The predicted molar refractivity (Wildman–Crippen MR) is 119 cm³/mol. The van der Waals surface area contributed by atoms with Gasteiger partial charge in [-0.1, -0.05) is 73.4 Å². The fraction of sp³-hybridized carbons (Fsp3) is 0.154. The second kappa shape index (κ2) is 7.28. The van der Waals surface area contributed by atoms with E-state index in [1.54, 1.807) is 0 Å². The van der Waals surface area contributed by atoms with Crippen molar-refractivity contribution in [3.05, 3.63) is 103 Å². The number of aromatic nitrogens is 1. The summed E-state index contributed by atoms with van der Waals surface area (Å²) in [5, 5.41) is 2.68. The summed E-state index contributed by atoms with van der Waals surface area (Å²) >= 11 is 0. The molecule has 1 nitrogen and oxygen atoms in total. The van der Waals surface area contributed by atoms with E-state index >= 15 is 0 Å². The summed E-state index contributed by atoms with van der Waals surface area (Å²) in [7, 11) is 0. The zero-order valence-corrected chi connectivity index (χ0v) is 16.0. The van der Waals surface area contributed by atoms with E-state index in [-0.39, 0.29) is 0 Å². The normalized spacial score (nSPS) is 17.8. The van der Waals surface area contributed by atoms with E-state index in [1.165, 1.54) is 38.6 Å². The molecule has 0 bridgehead atoms. The zero-order valence-electron chi connectivity index (χ0n) is 16.0. The second-order valence-corrected chi connectivity index (χ2v) is 7.04. The van der Waals surface area contributed by atoms with Gasteiger partial charge in [0.05, 0.1) is 11.0 Å². The van der Waals surface area contributed by atoms with Crippen molar-refractivity contribution < 1.29 is 0 Å². The minimum absolute atomic E-state index is 0.421. The number of nitrogens with zero attached hydrogens (tertiary/aromatic N) is 1. The second-order valence-electron chi connectivity index (χ2n) is 7.04. The minimum atomic E-state index is 0.421. The molecule has 0 spiro atoms. The third kappa shape index (κ3) is 3.00. The Hall–Kier alpha value is -3.06. The maximum Gasteiger partial charge on any atom is 0.0543 e. The van der Waals surface area contributed by atoms with Gasteiger partial charge >= 0.3 is 0 Å². The van der Waals surface area contributed by atoms with Gasteiger partial charge in [-0.3, -0.25) is 0 Å². The molecular weight excluding hydrogens is 326 g/mol. The molecule has 1 heterocycles. The highest BCUT2D eigenvalue weighted by Gasteiger charge is 2.17. The quantitative estimate of drug-likeness (QED) is 0.438. The Kier molecular flexibility index (Phi) is 4.68. The van der Waals surface area contributed by atoms with E-state index < -0.39 is 0 Å². The molecule has 1 aliphatic rings. The molecule has 0 aliphatic heterocycles. The molecule has 1 heteroatoms. The number of hydrogen-bond acceptors (Lipinski definition) is 0. The minimum Gasteiger partial charge on any atom is -0.310 e. The molecule has 0 fully saturated rings. The van der Waals surface area contributed by atoms with E-state index in [1.807, 2.05) is 12.2 Å². The summed E-state index contributed by atoms with van der Waals surface area (Å²) < 4.78 is 2.40. The highest BCUT2D eigenvalue weighted by molar-refractivity contribution is 6.11. The largest absolute Gasteiger partial charge is 0.310 e. The third-order valence-corrected chi connectivity index (χ3v) is 5.43. The van der Waals surface area contributed by atoms with Crippen LogP contribution in [-0.4, -0.2) is 4.57 Å². The summed E-state index contributed by atoms with van der Waals surface area (Å²) in [6.45, 7) is 8.08. The van der Waals surface area contributed by atoms with Crippen molar-refractivity contribution in [1.82, 2.24) is 4.57 Å². The summed E-state index contributed by atoms with van der Waals surface area (Å²) in [4.78, 5) is 0. The number of fused-ring (bicyclic) bond motifs is 3. The molecule has 4 rings (SSSR count). The topological polar surface area (TPSA) is 4.93 Å². The molecule has 0 saturated carbocycles. The molecule has 0 N–H and O–H groups in total. The Labute approximate surface area is 161 Å². The molecule has 2 aromatic carbocycles. The monoisotopic (exact) mass is 351 g/mol. The number of allylic oxidation sites excluding steroid dienone is 9. The first-order valence-corrected chi connectivity index (χ1v) is 9.57. The van der Waals surface area contributed by atoms with Gasteiger partial charge in [0.2, 0.25) is 0 Å². The average molecular weight is 351 g/mol. The maximum absolute atomic E-state index is 3.78.